The first kappa shape index (κ1) is 15.6. The van der Waals surface area contributed by atoms with Crippen LogP contribution in [0.15, 0.2) is 59.1 Å². The largest absolute Gasteiger partial charge is 0.334 e. The average molecular weight is 347 g/mol. The van der Waals surface area contributed by atoms with Crippen molar-refractivity contribution in [2.75, 3.05) is 6.54 Å². The van der Waals surface area contributed by atoms with Gasteiger partial charge in [-0.15, -0.1) is 0 Å². The summed E-state index contributed by atoms with van der Waals surface area (Å²) < 4.78 is 1.02. The van der Waals surface area contributed by atoms with Crippen molar-refractivity contribution in [1.29, 1.82) is 0 Å². The van der Waals surface area contributed by atoms with Gasteiger partial charge in [-0.25, -0.2) is 4.79 Å². The molecule has 4 heteroatoms. The SMILES string of the molecule is CCN(Cc1ccccc1)C(=O)NCc1cccc(Br)c1. The number of nitrogens with one attached hydrogen (secondary N) is 1. The molecule has 2 amide bonds. The van der Waals surface area contributed by atoms with Gasteiger partial charge < -0.3 is 10.2 Å². The van der Waals surface area contributed by atoms with E-state index in [9.17, 15) is 4.79 Å². The van der Waals surface area contributed by atoms with E-state index in [0.717, 1.165) is 15.6 Å². The lowest BCUT2D eigenvalue weighted by molar-refractivity contribution is 0.197. The molecule has 0 atom stereocenters. The normalized spacial score (nSPS) is 10.2. The minimum atomic E-state index is -0.0404. The molecule has 0 radical (unpaired) electrons. The summed E-state index contributed by atoms with van der Waals surface area (Å²) in [5, 5.41) is 2.96. The van der Waals surface area contributed by atoms with Gasteiger partial charge in [0.15, 0.2) is 0 Å². The summed E-state index contributed by atoms with van der Waals surface area (Å²) in [6.45, 7) is 3.83. The second-order valence-electron chi connectivity index (χ2n) is 4.79. The van der Waals surface area contributed by atoms with E-state index in [0.29, 0.717) is 19.6 Å². The molecule has 0 aromatic heterocycles. The minimum Gasteiger partial charge on any atom is -0.334 e. The number of amides is 2. The molecule has 0 aliphatic carbocycles. The number of hydrogen-bond donors (Lipinski definition) is 1. The third-order valence-corrected chi connectivity index (χ3v) is 3.71. The van der Waals surface area contributed by atoms with Gasteiger partial charge in [-0.3, -0.25) is 0 Å². The highest BCUT2D eigenvalue weighted by Crippen LogP contribution is 2.11. The van der Waals surface area contributed by atoms with E-state index in [-0.39, 0.29) is 6.03 Å². The van der Waals surface area contributed by atoms with Crippen LogP contribution in [0.5, 0.6) is 0 Å². The monoisotopic (exact) mass is 346 g/mol. The maximum absolute atomic E-state index is 12.2. The smallest absolute Gasteiger partial charge is 0.317 e. The first-order chi connectivity index (χ1) is 10.2. The van der Waals surface area contributed by atoms with Crippen LogP contribution in [0.2, 0.25) is 0 Å². The van der Waals surface area contributed by atoms with Crippen LogP contribution in [-0.2, 0) is 13.1 Å². The first-order valence-electron chi connectivity index (χ1n) is 7.00. The van der Waals surface area contributed by atoms with Crippen LogP contribution in [0, 0.1) is 0 Å². The Hall–Kier alpha value is -1.81. The number of carbonyl (C=O) groups is 1. The first-order valence-corrected chi connectivity index (χ1v) is 7.79. The van der Waals surface area contributed by atoms with Gasteiger partial charge in [0.2, 0.25) is 0 Å². The van der Waals surface area contributed by atoms with E-state index in [1.165, 1.54) is 0 Å². The van der Waals surface area contributed by atoms with Crippen molar-refractivity contribution in [3.8, 4) is 0 Å². The van der Waals surface area contributed by atoms with Gasteiger partial charge in [-0.05, 0) is 30.2 Å². The lowest BCUT2D eigenvalue weighted by Crippen LogP contribution is -2.39. The average Bonchev–Trinajstić information content (AvgIpc) is 2.51. The van der Waals surface area contributed by atoms with Crippen molar-refractivity contribution in [1.82, 2.24) is 10.2 Å². The van der Waals surface area contributed by atoms with Gasteiger partial charge in [0, 0.05) is 24.1 Å². The minimum absolute atomic E-state index is 0.0404. The summed E-state index contributed by atoms with van der Waals surface area (Å²) in [5.41, 5.74) is 2.21. The summed E-state index contributed by atoms with van der Waals surface area (Å²) >= 11 is 3.43. The second kappa shape index (κ2) is 7.84. The Balaban J connectivity index is 1.91. The Labute approximate surface area is 134 Å². The fraction of sp³-hybridized carbons (Fsp3) is 0.235. The topological polar surface area (TPSA) is 32.3 Å². The number of nitrogens with zero attached hydrogens (tertiary/aromatic N) is 1. The van der Waals surface area contributed by atoms with Crippen molar-refractivity contribution in [2.45, 2.75) is 20.0 Å². The zero-order chi connectivity index (χ0) is 15.1. The predicted octanol–water partition coefficient (Wildman–Crippen LogP) is 4.18. The van der Waals surface area contributed by atoms with E-state index >= 15 is 0 Å². The van der Waals surface area contributed by atoms with Crippen molar-refractivity contribution in [2.24, 2.45) is 0 Å². The van der Waals surface area contributed by atoms with Crippen LogP contribution in [-0.4, -0.2) is 17.5 Å². The highest BCUT2D eigenvalue weighted by Gasteiger charge is 2.11. The van der Waals surface area contributed by atoms with Gasteiger partial charge in [0.25, 0.3) is 0 Å². The Morgan fingerprint density at radius 3 is 2.48 bits per heavy atom. The summed E-state index contributed by atoms with van der Waals surface area (Å²) in [4.78, 5) is 14.0. The van der Waals surface area contributed by atoms with Gasteiger partial charge in [-0.1, -0.05) is 58.4 Å². The standard InChI is InChI=1S/C17H19BrN2O/c1-2-20(13-14-7-4-3-5-8-14)17(21)19-12-15-9-6-10-16(18)11-15/h3-11H,2,12-13H2,1H3,(H,19,21). The lowest BCUT2D eigenvalue weighted by Gasteiger charge is -2.21. The highest BCUT2D eigenvalue weighted by molar-refractivity contribution is 9.10. The van der Waals surface area contributed by atoms with E-state index in [4.69, 9.17) is 0 Å². The zero-order valence-corrected chi connectivity index (χ0v) is 13.6. The van der Waals surface area contributed by atoms with Crippen molar-refractivity contribution in [3.63, 3.8) is 0 Å². The molecule has 2 aromatic carbocycles. The van der Waals surface area contributed by atoms with E-state index < -0.39 is 0 Å². The molecule has 3 nitrogen and oxygen atoms in total. The quantitative estimate of drug-likeness (QED) is 0.865. The molecule has 1 N–H and O–H groups in total. The van der Waals surface area contributed by atoms with Crippen LogP contribution >= 0.6 is 15.9 Å². The molecule has 0 fully saturated rings. The number of urea groups is 1. The molecular formula is C17H19BrN2O. The number of rotatable bonds is 5. The third kappa shape index (κ3) is 4.90. The Morgan fingerprint density at radius 2 is 1.81 bits per heavy atom. The number of halogens is 1. The molecule has 0 aliphatic heterocycles. The van der Waals surface area contributed by atoms with Crippen LogP contribution < -0.4 is 5.32 Å². The van der Waals surface area contributed by atoms with Crippen LogP contribution in [0.4, 0.5) is 4.79 Å². The van der Waals surface area contributed by atoms with Crippen LogP contribution in [0.1, 0.15) is 18.1 Å². The molecule has 0 saturated heterocycles. The maximum atomic E-state index is 12.2. The zero-order valence-electron chi connectivity index (χ0n) is 12.1. The molecule has 0 aliphatic rings. The number of carbonyl (C=O) groups excluding carboxylic acids is 1. The maximum Gasteiger partial charge on any atom is 0.317 e. The Bertz CT molecular complexity index is 586. The molecule has 2 rings (SSSR count). The molecule has 2 aromatic rings. The van der Waals surface area contributed by atoms with Gasteiger partial charge in [-0.2, -0.15) is 0 Å². The second-order valence-corrected chi connectivity index (χ2v) is 5.70. The van der Waals surface area contributed by atoms with Gasteiger partial charge >= 0.3 is 6.03 Å². The van der Waals surface area contributed by atoms with Crippen molar-refractivity contribution < 1.29 is 4.79 Å². The number of benzene rings is 2. The fourth-order valence-electron chi connectivity index (χ4n) is 2.07. The fourth-order valence-corrected chi connectivity index (χ4v) is 2.51. The third-order valence-electron chi connectivity index (χ3n) is 3.22. The molecule has 0 unspecified atom stereocenters. The van der Waals surface area contributed by atoms with Gasteiger partial charge in [0.1, 0.15) is 0 Å². The number of hydrogen-bond acceptors (Lipinski definition) is 1. The Kier molecular flexibility index (Phi) is 5.81. The lowest BCUT2D eigenvalue weighted by atomic mass is 10.2. The van der Waals surface area contributed by atoms with Crippen LogP contribution in [0.3, 0.4) is 0 Å². The molecule has 0 heterocycles. The highest BCUT2D eigenvalue weighted by atomic mass is 79.9. The van der Waals surface area contributed by atoms with Crippen molar-refractivity contribution >= 4 is 22.0 Å². The van der Waals surface area contributed by atoms with E-state index in [2.05, 4.69) is 21.2 Å². The van der Waals surface area contributed by atoms with Crippen LogP contribution in [0.25, 0.3) is 0 Å². The van der Waals surface area contributed by atoms with Crippen molar-refractivity contribution in [3.05, 3.63) is 70.2 Å². The molecule has 0 saturated carbocycles. The molecule has 21 heavy (non-hydrogen) atoms. The molecule has 0 spiro atoms. The Morgan fingerprint density at radius 1 is 1.10 bits per heavy atom. The van der Waals surface area contributed by atoms with E-state index in [1.54, 1.807) is 4.90 Å². The summed E-state index contributed by atoms with van der Waals surface area (Å²) in [6, 6.07) is 17.9. The summed E-state index contributed by atoms with van der Waals surface area (Å²) in [7, 11) is 0. The predicted molar refractivity (Wildman–Crippen MR) is 88.9 cm³/mol. The molecule has 0 bridgehead atoms. The summed E-state index contributed by atoms with van der Waals surface area (Å²) in [6.07, 6.45) is 0. The molecular weight excluding hydrogens is 328 g/mol. The van der Waals surface area contributed by atoms with E-state index in [1.807, 2.05) is 61.5 Å². The van der Waals surface area contributed by atoms with Gasteiger partial charge in [0.05, 0.1) is 0 Å². The summed E-state index contributed by atoms with van der Waals surface area (Å²) in [5.74, 6) is 0. The molecule has 110 valence electrons.